The molecule has 0 radical (unpaired) electrons. The Hall–Kier alpha value is -4.50. The largest absolute Gasteiger partial charge is 0.484 e. The Morgan fingerprint density at radius 2 is 1.81 bits per heavy atom. The lowest BCUT2D eigenvalue weighted by atomic mass is 10.1. The molecule has 1 amide bonds. The highest BCUT2D eigenvalue weighted by molar-refractivity contribution is 9.10. The van der Waals surface area contributed by atoms with E-state index in [4.69, 9.17) is 9.72 Å². The first-order chi connectivity index (χ1) is 20.7. The lowest BCUT2D eigenvalue weighted by Crippen LogP contribution is -2.23. The molecule has 0 aliphatic carbocycles. The van der Waals surface area contributed by atoms with Gasteiger partial charge < -0.3 is 14.6 Å². The quantitative estimate of drug-likeness (QED) is 0.172. The summed E-state index contributed by atoms with van der Waals surface area (Å²) < 4.78 is 10.1. The van der Waals surface area contributed by atoms with Gasteiger partial charge in [0.1, 0.15) is 11.6 Å². The van der Waals surface area contributed by atoms with E-state index < -0.39 is 0 Å². The molecule has 2 aromatic heterocycles. The molecular formula is C34H34BrN5O3. The van der Waals surface area contributed by atoms with Gasteiger partial charge in [-0.05, 0) is 87.4 Å². The average molecular weight is 641 g/mol. The third kappa shape index (κ3) is 6.46. The summed E-state index contributed by atoms with van der Waals surface area (Å²) in [5.41, 5.74) is 6.05. The zero-order valence-corrected chi connectivity index (χ0v) is 26.5. The molecule has 5 aromatic rings. The molecule has 0 aliphatic rings. The molecule has 9 heteroatoms. The van der Waals surface area contributed by atoms with Crippen molar-refractivity contribution in [3.63, 3.8) is 0 Å². The standard InChI is InChI=1S/C34H34BrN5O3/c1-6-21(2)33-38-31-16-11-26(35)18-29(31)34(42)40(33)36-19-25-17-23(4)39(24(25)5)27-12-14-28(15-13-27)43-20-32(41)37-30-10-8-7-9-22(30)3/h7-19,21H,6,20H2,1-5H3,(H,37,41)/t21-/m0/s1. The highest BCUT2D eigenvalue weighted by atomic mass is 79.9. The van der Waals surface area contributed by atoms with Crippen molar-refractivity contribution in [3.8, 4) is 11.4 Å². The van der Waals surface area contributed by atoms with Crippen LogP contribution in [0.25, 0.3) is 16.6 Å². The van der Waals surface area contributed by atoms with Gasteiger partial charge in [0.25, 0.3) is 11.5 Å². The highest BCUT2D eigenvalue weighted by Gasteiger charge is 2.16. The number of benzene rings is 3. The van der Waals surface area contributed by atoms with E-state index in [-0.39, 0.29) is 24.0 Å². The maximum absolute atomic E-state index is 13.5. The van der Waals surface area contributed by atoms with E-state index in [1.807, 2.05) is 94.4 Å². The van der Waals surface area contributed by atoms with Crippen molar-refractivity contribution in [2.45, 2.75) is 47.0 Å². The average Bonchev–Trinajstić information content (AvgIpc) is 3.29. The first-order valence-corrected chi connectivity index (χ1v) is 15.0. The Kier molecular flexibility index (Phi) is 8.92. The third-order valence-corrected chi connectivity index (χ3v) is 8.05. The summed E-state index contributed by atoms with van der Waals surface area (Å²) in [5.74, 6) is 1.07. The van der Waals surface area contributed by atoms with Gasteiger partial charge >= 0.3 is 0 Å². The lowest BCUT2D eigenvalue weighted by molar-refractivity contribution is -0.118. The van der Waals surface area contributed by atoms with Crippen LogP contribution >= 0.6 is 15.9 Å². The van der Waals surface area contributed by atoms with Gasteiger partial charge in [-0.1, -0.05) is 48.0 Å². The molecule has 43 heavy (non-hydrogen) atoms. The summed E-state index contributed by atoms with van der Waals surface area (Å²) in [5, 5.41) is 8.05. The van der Waals surface area contributed by atoms with Crippen molar-refractivity contribution in [2.75, 3.05) is 11.9 Å². The number of carbonyl (C=O) groups is 1. The van der Waals surface area contributed by atoms with Crippen molar-refractivity contribution in [2.24, 2.45) is 5.10 Å². The van der Waals surface area contributed by atoms with Gasteiger partial charge in [-0.25, -0.2) is 4.98 Å². The number of para-hydroxylation sites is 1. The number of aromatic nitrogens is 3. The number of nitrogens with zero attached hydrogens (tertiary/aromatic N) is 4. The van der Waals surface area contributed by atoms with Crippen molar-refractivity contribution in [1.29, 1.82) is 0 Å². The molecule has 2 heterocycles. The highest BCUT2D eigenvalue weighted by Crippen LogP contribution is 2.24. The molecule has 0 saturated carbocycles. The second-order valence-corrected chi connectivity index (χ2v) is 11.5. The van der Waals surface area contributed by atoms with Crippen LogP contribution in [0.2, 0.25) is 0 Å². The van der Waals surface area contributed by atoms with Crippen LogP contribution in [0, 0.1) is 20.8 Å². The molecule has 0 aliphatic heterocycles. The normalized spacial score (nSPS) is 12.1. The zero-order chi connectivity index (χ0) is 30.7. The fourth-order valence-corrected chi connectivity index (χ4v) is 5.32. The molecule has 0 fully saturated rings. The van der Waals surface area contributed by atoms with Crippen LogP contribution < -0.4 is 15.6 Å². The number of aryl methyl sites for hydroxylation is 2. The number of hydrogen-bond donors (Lipinski definition) is 1. The fourth-order valence-electron chi connectivity index (χ4n) is 4.95. The van der Waals surface area contributed by atoms with Crippen LogP contribution in [0.3, 0.4) is 0 Å². The predicted octanol–water partition coefficient (Wildman–Crippen LogP) is 7.29. The van der Waals surface area contributed by atoms with Gasteiger partial charge in [0.05, 0.1) is 17.1 Å². The number of halogens is 1. The predicted molar refractivity (Wildman–Crippen MR) is 176 cm³/mol. The molecule has 0 bridgehead atoms. The number of amides is 1. The summed E-state index contributed by atoms with van der Waals surface area (Å²) in [6.45, 7) is 10.0. The van der Waals surface area contributed by atoms with Gasteiger partial charge in [-0.3, -0.25) is 9.59 Å². The number of carbonyl (C=O) groups excluding carboxylic acids is 1. The van der Waals surface area contributed by atoms with Crippen LogP contribution in [0.15, 0.2) is 87.2 Å². The van der Waals surface area contributed by atoms with Crippen molar-refractivity contribution in [3.05, 3.63) is 116 Å². The zero-order valence-electron chi connectivity index (χ0n) is 24.9. The van der Waals surface area contributed by atoms with Gasteiger partial charge in [0.2, 0.25) is 0 Å². The van der Waals surface area contributed by atoms with E-state index >= 15 is 0 Å². The van der Waals surface area contributed by atoms with E-state index in [2.05, 4.69) is 37.8 Å². The Labute approximate surface area is 259 Å². The number of anilines is 1. The molecule has 3 aromatic carbocycles. The SMILES string of the molecule is CC[C@H](C)c1nc2ccc(Br)cc2c(=O)n1N=Cc1cc(C)n(-c2ccc(OCC(=O)Nc3ccccc3C)cc2)c1C. The first kappa shape index (κ1) is 30.0. The third-order valence-electron chi connectivity index (χ3n) is 7.55. The van der Waals surface area contributed by atoms with Crippen LogP contribution in [-0.4, -0.2) is 33.0 Å². The van der Waals surface area contributed by atoms with Gasteiger partial charge in [-0.15, -0.1) is 0 Å². The van der Waals surface area contributed by atoms with E-state index in [0.717, 1.165) is 44.8 Å². The van der Waals surface area contributed by atoms with Crippen LogP contribution in [-0.2, 0) is 4.79 Å². The molecule has 0 spiro atoms. The summed E-state index contributed by atoms with van der Waals surface area (Å²) in [7, 11) is 0. The molecule has 0 unspecified atom stereocenters. The Morgan fingerprint density at radius 1 is 1.07 bits per heavy atom. The Bertz CT molecular complexity index is 1890. The molecule has 1 atom stereocenters. The second-order valence-electron chi connectivity index (χ2n) is 10.6. The Morgan fingerprint density at radius 3 is 2.53 bits per heavy atom. The minimum absolute atomic E-state index is 0.0552. The van der Waals surface area contributed by atoms with Crippen LogP contribution in [0.4, 0.5) is 5.69 Å². The number of hydrogen-bond acceptors (Lipinski definition) is 5. The molecule has 5 rings (SSSR count). The Balaban J connectivity index is 1.36. The van der Waals surface area contributed by atoms with Crippen LogP contribution in [0.5, 0.6) is 5.75 Å². The lowest BCUT2D eigenvalue weighted by Gasteiger charge is -2.14. The summed E-state index contributed by atoms with van der Waals surface area (Å²) >= 11 is 3.46. The monoisotopic (exact) mass is 639 g/mol. The smallest absolute Gasteiger partial charge is 0.282 e. The number of rotatable bonds is 9. The van der Waals surface area contributed by atoms with Gasteiger partial charge in [0, 0.05) is 38.7 Å². The van der Waals surface area contributed by atoms with E-state index in [1.165, 1.54) is 4.68 Å². The van der Waals surface area contributed by atoms with Crippen LogP contribution in [0.1, 0.15) is 54.5 Å². The first-order valence-electron chi connectivity index (χ1n) is 14.2. The molecule has 220 valence electrons. The summed E-state index contributed by atoms with van der Waals surface area (Å²) in [4.78, 5) is 30.7. The minimum Gasteiger partial charge on any atom is -0.484 e. The number of nitrogens with one attached hydrogen (secondary N) is 1. The van der Waals surface area contributed by atoms with Crippen molar-refractivity contribution >= 4 is 44.6 Å². The fraction of sp³-hybridized carbons (Fsp3) is 0.235. The maximum atomic E-state index is 13.5. The number of ether oxygens (including phenoxy) is 1. The van der Waals surface area contributed by atoms with Crippen molar-refractivity contribution in [1.82, 2.24) is 14.2 Å². The molecule has 0 saturated heterocycles. The second kappa shape index (κ2) is 12.8. The van der Waals surface area contributed by atoms with E-state index in [0.29, 0.717) is 22.5 Å². The summed E-state index contributed by atoms with van der Waals surface area (Å²) in [6.07, 6.45) is 2.55. The van der Waals surface area contributed by atoms with E-state index in [9.17, 15) is 9.59 Å². The molecule has 1 N–H and O–H groups in total. The minimum atomic E-state index is -0.218. The number of fused-ring (bicyclic) bond motifs is 1. The van der Waals surface area contributed by atoms with E-state index in [1.54, 1.807) is 12.3 Å². The van der Waals surface area contributed by atoms with Gasteiger partial charge in [-0.2, -0.15) is 9.78 Å². The van der Waals surface area contributed by atoms with Gasteiger partial charge in [0.15, 0.2) is 6.61 Å². The molecule has 8 nitrogen and oxygen atoms in total. The molecular weight excluding hydrogens is 606 g/mol. The topological polar surface area (TPSA) is 90.5 Å². The van der Waals surface area contributed by atoms with Crippen molar-refractivity contribution < 1.29 is 9.53 Å². The maximum Gasteiger partial charge on any atom is 0.282 e. The summed E-state index contributed by atoms with van der Waals surface area (Å²) in [6, 6.07) is 22.8.